The summed E-state index contributed by atoms with van der Waals surface area (Å²) < 4.78 is 36.1. The fourth-order valence-corrected chi connectivity index (χ4v) is 3.62. The lowest BCUT2D eigenvalue weighted by Gasteiger charge is -2.25. The Labute approximate surface area is 275 Å². The van der Waals surface area contributed by atoms with Gasteiger partial charge in [0.25, 0.3) is 0 Å². The molecule has 0 heterocycles. The van der Waals surface area contributed by atoms with Gasteiger partial charge >= 0.3 is 18.0 Å². The second-order valence-electron chi connectivity index (χ2n) is 11.0. The molecule has 262 valence electrons. The van der Waals surface area contributed by atoms with Crippen LogP contribution in [-0.2, 0) is 60.8 Å². The Morgan fingerprint density at radius 2 is 1.32 bits per heavy atom. The van der Waals surface area contributed by atoms with E-state index in [4.69, 9.17) is 33.9 Å². The van der Waals surface area contributed by atoms with Crippen LogP contribution in [0.5, 0.6) is 0 Å². The fourth-order valence-electron chi connectivity index (χ4n) is 3.62. The van der Waals surface area contributed by atoms with Crippen molar-refractivity contribution in [2.24, 2.45) is 0 Å². The summed E-state index contributed by atoms with van der Waals surface area (Å²) in [6.07, 6.45) is -4.57. The molecule has 5 atom stereocenters. The second-order valence-corrected chi connectivity index (χ2v) is 11.0. The van der Waals surface area contributed by atoms with Crippen molar-refractivity contribution in [2.45, 2.75) is 70.0 Å². The predicted molar refractivity (Wildman–Crippen MR) is 168 cm³/mol. The summed E-state index contributed by atoms with van der Waals surface area (Å²) in [6.45, 7) is 5.16. The van der Waals surface area contributed by atoms with Crippen molar-refractivity contribution in [3.05, 3.63) is 71.8 Å². The van der Waals surface area contributed by atoms with Crippen LogP contribution in [-0.4, -0.2) is 112 Å². The summed E-state index contributed by atoms with van der Waals surface area (Å²) in [5.74, 6) is -1.57. The van der Waals surface area contributed by atoms with Gasteiger partial charge in [-0.2, -0.15) is 0 Å². The van der Waals surface area contributed by atoms with Crippen LogP contribution in [0.15, 0.2) is 60.7 Å². The highest BCUT2D eigenvalue weighted by Crippen LogP contribution is 2.12. The molecule has 0 aliphatic rings. The number of methoxy groups -OCH3 is 3. The monoisotopic (exact) mass is 665 g/mol. The molecule has 0 bridgehead atoms. The molecule has 2 aromatic rings. The van der Waals surface area contributed by atoms with Gasteiger partial charge in [-0.25, -0.2) is 14.4 Å². The number of rotatable bonds is 18. The smallest absolute Gasteiger partial charge is 0.408 e. The Hall–Kier alpha value is -3.92. The van der Waals surface area contributed by atoms with Gasteiger partial charge in [0.2, 0.25) is 0 Å². The fraction of sp³-hybridized carbons (Fsp3) is 0.515. The molecule has 0 unspecified atom stereocenters. The van der Waals surface area contributed by atoms with Gasteiger partial charge in [-0.3, -0.25) is 0 Å². The molecule has 0 fully saturated rings. The Balaban J connectivity index is 0.000000856. The Bertz CT molecular complexity index is 1170. The topological polar surface area (TPSA) is 185 Å². The lowest BCUT2D eigenvalue weighted by Crippen LogP contribution is -2.47. The minimum Gasteiger partial charge on any atom is -0.467 e. The summed E-state index contributed by atoms with van der Waals surface area (Å²) >= 11 is 0. The molecule has 0 saturated heterocycles. The maximum Gasteiger partial charge on any atom is 0.408 e. The molecule has 14 heteroatoms. The molecule has 0 aliphatic carbocycles. The van der Waals surface area contributed by atoms with Crippen LogP contribution < -0.4 is 5.32 Å². The maximum atomic E-state index is 12.2. The number of esters is 2. The van der Waals surface area contributed by atoms with Crippen molar-refractivity contribution < 1.29 is 62.5 Å². The number of hydrogen-bond donors (Lipinski definition) is 3. The van der Waals surface area contributed by atoms with E-state index in [2.05, 4.69) is 14.8 Å². The minimum atomic E-state index is -1.53. The molecule has 14 nitrogen and oxygen atoms in total. The van der Waals surface area contributed by atoms with Gasteiger partial charge in [-0.1, -0.05) is 60.7 Å². The number of benzene rings is 2. The van der Waals surface area contributed by atoms with E-state index in [-0.39, 0.29) is 33.0 Å². The van der Waals surface area contributed by atoms with Gasteiger partial charge < -0.3 is 53.5 Å². The van der Waals surface area contributed by atoms with Crippen molar-refractivity contribution in [3.63, 3.8) is 0 Å². The molecule has 3 N–H and O–H groups in total. The Morgan fingerprint density at radius 1 is 0.787 bits per heavy atom. The van der Waals surface area contributed by atoms with Gasteiger partial charge in [-0.15, -0.1) is 0 Å². The summed E-state index contributed by atoms with van der Waals surface area (Å²) in [5.41, 5.74) is 1.07. The van der Waals surface area contributed by atoms with E-state index >= 15 is 0 Å². The third kappa shape index (κ3) is 17.5. The van der Waals surface area contributed by atoms with Crippen LogP contribution in [0.1, 0.15) is 31.9 Å². The van der Waals surface area contributed by atoms with Gasteiger partial charge in [-0.05, 0) is 31.9 Å². The molecular formula is C33H47NO13. The number of carbonyl (C=O) groups excluding carboxylic acids is 4. The van der Waals surface area contributed by atoms with Gasteiger partial charge in [0.05, 0.1) is 47.3 Å². The van der Waals surface area contributed by atoms with Crippen molar-refractivity contribution >= 4 is 24.3 Å². The third-order valence-electron chi connectivity index (χ3n) is 5.98. The molecule has 0 saturated carbocycles. The molecule has 47 heavy (non-hydrogen) atoms. The summed E-state index contributed by atoms with van der Waals surface area (Å²) in [7, 11) is 3.69. The first-order chi connectivity index (χ1) is 22.3. The summed E-state index contributed by atoms with van der Waals surface area (Å²) in [4.78, 5) is 46.7. The van der Waals surface area contributed by atoms with Gasteiger partial charge in [0.1, 0.15) is 23.9 Å². The molecule has 1 amide bonds. The normalized spacial score (nSPS) is 14.2. The van der Waals surface area contributed by atoms with E-state index in [1.807, 2.05) is 60.7 Å². The standard InChI is InChI=1S/C27H35NO8.C6H12O5/c1-27(2,3)36-26(31)28-22(25(30)32-4)18-33-19-24(35-17-21-13-9-6-10-14-21)23(15-29)34-16-20-11-7-5-8-12-20;1-10-3-4(7)5(8)6(9)11-2/h5-15,22-24H,16-19H2,1-4H3,(H,28,31);4-5,7-8H,3H2,1-2H3/t22-,23-,24-;4-,5+/m00/s1. The zero-order valence-electron chi connectivity index (χ0n) is 27.7. The predicted octanol–water partition coefficient (Wildman–Crippen LogP) is 1.97. The number of alkyl carbamates (subject to hydrolysis) is 1. The number of amides is 1. The van der Waals surface area contributed by atoms with E-state index in [1.54, 1.807) is 20.8 Å². The highest BCUT2D eigenvalue weighted by Gasteiger charge is 2.28. The van der Waals surface area contributed by atoms with Crippen LogP contribution in [0.2, 0.25) is 0 Å². The highest BCUT2D eigenvalue weighted by atomic mass is 16.6. The first kappa shape index (κ1) is 41.1. The molecule has 0 spiro atoms. The van der Waals surface area contributed by atoms with Crippen LogP contribution >= 0.6 is 0 Å². The second kappa shape index (κ2) is 22.6. The van der Waals surface area contributed by atoms with Gasteiger partial charge in [0, 0.05) is 7.11 Å². The SMILES string of the molecule is COC(=O)[C@H](COC[C@H](OCc1ccccc1)[C@H](C=O)OCc1ccccc1)NC(=O)OC(C)(C)C.COC[C@H](O)[C@@H](O)C(=O)OC. The first-order valence-electron chi connectivity index (χ1n) is 14.7. The number of aldehydes is 1. The largest absolute Gasteiger partial charge is 0.467 e. The number of aliphatic hydroxyl groups is 2. The zero-order chi connectivity index (χ0) is 35.2. The lowest BCUT2D eigenvalue weighted by atomic mass is 10.2. The molecule has 0 radical (unpaired) electrons. The molecule has 0 aromatic heterocycles. The molecular weight excluding hydrogens is 618 g/mol. The summed E-state index contributed by atoms with van der Waals surface area (Å²) in [5, 5.41) is 20.3. The van der Waals surface area contributed by atoms with E-state index in [1.165, 1.54) is 14.2 Å². The first-order valence-corrected chi connectivity index (χ1v) is 14.7. The Kier molecular flexibility index (Phi) is 19.7. The van der Waals surface area contributed by atoms with Crippen molar-refractivity contribution in [1.29, 1.82) is 0 Å². The molecule has 2 rings (SSSR count). The summed E-state index contributed by atoms with van der Waals surface area (Å²) in [6, 6.07) is 17.8. The average molecular weight is 666 g/mol. The van der Waals surface area contributed by atoms with Crippen molar-refractivity contribution in [3.8, 4) is 0 Å². The van der Waals surface area contributed by atoms with E-state index in [9.17, 15) is 19.2 Å². The highest BCUT2D eigenvalue weighted by molar-refractivity contribution is 5.81. The van der Waals surface area contributed by atoms with Crippen LogP contribution in [0.4, 0.5) is 4.79 Å². The molecule has 0 aliphatic heterocycles. The third-order valence-corrected chi connectivity index (χ3v) is 5.98. The average Bonchev–Trinajstić information content (AvgIpc) is 3.05. The quantitative estimate of drug-likeness (QED) is 0.119. The van der Waals surface area contributed by atoms with Crippen molar-refractivity contribution in [1.82, 2.24) is 5.32 Å². The van der Waals surface area contributed by atoms with Crippen molar-refractivity contribution in [2.75, 3.05) is 41.2 Å². The lowest BCUT2D eigenvalue weighted by molar-refractivity contribution is -0.158. The number of carbonyl (C=O) groups is 4. The van der Waals surface area contributed by atoms with E-state index in [0.29, 0.717) is 6.29 Å². The zero-order valence-corrected chi connectivity index (χ0v) is 27.7. The van der Waals surface area contributed by atoms with Gasteiger partial charge in [0.15, 0.2) is 18.4 Å². The number of nitrogens with one attached hydrogen (secondary N) is 1. The minimum absolute atomic E-state index is 0.0749. The maximum absolute atomic E-state index is 12.2. The van der Waals surface area contributed by atoms with Crippen LogP contribution in [0.25, 0.3) is 0 Å². The van der Waals surface area contributed by atoms with Crippen LogP contribution in [0.3, 0.4) is 0 Å². The van der Waals surface area contributed by atoms with E-state index in [0.717, 1.165) is 18.2 Å². The number of hydrogen-bond acceptors (Lipinski definition) is 13. The van der Waals surface area contributed by atoms with Crippen LogP contribution in [0, 0.1) is 0 Å². The Morgan fingerprint density at radius 3 is 1.79 bits per heavy atom. The van der Waals surface area contributed by atoms with E-state index < -0.39 is 54.1 Å². The molecule has 2 aromatic carbocycles. The number of ether oxygens (including phenoxy) is 7. The number of aliphatic hydroxyl groups excluding tert-OH is 2.